The molecule has 3 saturated carbocycles. The van der Waals surface area contributed by atoms with E-state index in [4.69, 9.17) is 11.6 Å². The van der Waals surface area contributed by atoms with Gasteiger partial charge in [-0.2, -0.15) is 0 Å². The molecule has 0 radical (unpaired) electrons. The second-order valence-corrected chi connectivity index (χ2v) is 9.33. The lowest BCUT2D eigenvalue weighted by Crippen LogP contribution is -2.53. The van der Waals surface area contributed by atoms with Crippen molar-refractivity contribution in [2.24, 2.45) is 28.6 Å². The molecule has 1 N–H and O–H groups in total. The summed E-state index contributed by atoms with van der Waals surface area (Å²) in [6.45, 7) is 6.63. The molecule has 0 aromatic rings. The summed E-state index contributed by atoms with van der Waals surface area (Å²) in [6.07, 6.45) is 10.1. The fourth-order valence-corrected chi connectivity index (χ4v) is 6.88. The number of allylic oxidation sites excluding steroid dienone is 4. The van der Waals surface area contributed by atoms with Gasteiger partial charge in [0.1, 0.15) is 0 Å². The second kappa shape index (κ2) is 4.73. The Labute approximate surface area is 144 Å². The summed E-state index contributed by atoms with van der Waals surface area (Å²) < 4.78 is 0. The van der Waals surface area contributed by atoms with E-state index in [0.29, 0.717) is 22.8 Å². The van der Waals surface area contributed by atoms with Gasteiger partial charge in [0.2, 0.25) is 0 Å². The van der Waals surface area contributed by atoms with Gasteiger partial charge in [0.25, 0.3) is 0 Å². The zero-order chi connectivity index (χ0) is 16.6. The molecule has 0 spiro atoms. The van der Waals surface area contributed by atoms with E-state index < -0.39 is 5.60 Å². The quantitative estimate of drug-likeness (QED) is 0.702. The Balaban J connectivity index is 1.74. The smallest absolute Gasteiger partial charge is 0.196 e. The summed E-state index contributed by atoms with van der Waals surface area (Å²) in [7, 11) is 0. The zero-order valence-corrected chi connectivity index (χ0v) is 15.1. The molecule has 4 rings (SSSR count). The zero-order valence-electron chi connectivity index (χ0n) is 14.4. The van der Waals surface area contributed by atoms with Gasteiger partial charge in [-0.3, -0.25) is 4.79 Å². The topological polar surface area (TPSA) is 37.3 Å². The highest BCUT2D eigenvalue weighted by molar-refractivity contribution is 6.45. The first kappa shape index (κ1) is 15.9. The van der Waals surface area contributed by atoms with Crippen LogP contribution in [0.2, 0.25) is 0 Å². The molecular weight excluding hydrogens is 308 g/mol. The van der Waals surface area contributed by atoms with E-state index in [1.54, 1.807) is 6.08 Å². The van der Waals surface area contributed by atoms with Gasteiger partial charge in [-0.1, -0.05) is 31.5 Å². The van der Waals surface area contributed by atoms with Gasteiger partial charge < -0.3 is 5.11 Å². The van der Waals surface area contributed by atoms with Crippen LogP contribution in [0.15, 0.2) is 22.8 Å². The van der Waals surface area contributed by atoms with Crippen molar-refractivity contribution in [3.63, 3.8) is 0 Å². The molecule has 23 heavy (non-hydrogen) atoms. The van der Waals surface area contributed by atoms with Crippen molar-refractivity contribution in [1.29, 1.82) is 0 Å². The van der Waals surface area contributed by atoms with Gasteiger partial charge in [-0.05, 0) is 80.3 Å². The monoisotopic (exact) mass is 334 g/mol. The van der Waals surface area contributed by atoms with Gasteiger partial charge in [-0.15, -0.1) is 0 Å². The predicted molar refractivity (Wildman–Crippen MR) is 92.0 cm³/mol. The van der Waals surface area contributed by atoms with Crippen LogP contribution >= 0.6 is 11.6 Å². The molecule has 4 aliphatic carbocycles. The van der Waals surface area contributed by atoms with Crippen LogP contribution < -0.4 is 0 Å². The van der Waals surface area contributed by atoms with Gasteiger partial charge in [0.05, 0.1) is 10.6 Å². The Morgan fingerprint density at radius 1 is 1.13 bits per heavy atom. The number of hydrogen-bond acceptors (Lipinski definition) is 2. The Bertz CT molecular complexity index is 632. The lowest BCUT2D eigenvalue weighted by molar-refractivity contribution is -0.114. The molecular formula is C20H27ClO2. The molecule has 2 nitrogen and oxygen atoms in total. The lowest BCUT2D eigenvalue weighted by atomic mass is 9.47. The molecule has 6 atom stereocenters. The van der Waals surface area contributed by atoms with E-state index >= 15 is 0 Å². The van der Waals surface area contributed by atoms with Gasteiger partial charge in [-0.25, -0.2) is 0 Å². The Hall–Kier alpha value is -0.600. The van der Waals surface area contributed by atoms with Gasteiger partial charge in [0, 0.05) is 5.41 Å². The molecule has 4 aliphatic rings. The van der Waals surface area contributed by atoms with Crippen LogP contribution in [0.3, 0.4) is 0 Å². The summed E-state index contributed by atoms with van der Waals surface area (Å²) in [5.74, 6) is 1.76. The Kier molecular flexibility index (Phi) is 3.27. The third-order valence-corrected chi connectivity index (χ3v) is 8.62. The number of rotatable bonds is 0. The highest BCUT2D eigenvalue weighted by atomic mass is 35.5. The van der Waals surface area contributed by atoms with Crippen molar-refractivity contribution in [3.8, 4) is 0 Å². The van der Waals surface area contributed by atoms with Crippen LogP contribution in [0.1, 0.15) is 59.3 Å². The molecule has 0 bridgehead atoms. The minimum Gasteiger partial charge on any atom is -0.390 e. The standard InChI is InChI=1S/C20H27ClO2/c1-18-9-8-16(22)17(21)15(18)5-4-12-13(18)6-10-19(2)14(12)7-11-20(19,3)23/h8-9,12-14,23H,4-7,10-11H2,1-3H3/t12-,13+,14+,18-,19-,20+/m1/s1. The number of ketones is 1. The largest absolute Gasteiger partial charge is 0.390 e. The predicted octanol–water partition coefficient (Wildman–Crippen LogP) is 4.61. The first-order valence-electron chi connectivity index (χ1n) is 9.06. The maximum atomic E-state index is 12.0. The average Bonchev–Trinajstić information content (AvgIpc) is 2.74. The maximum absolute atomic E-state index is 12.0. The summed E-state index contributed by atoms with van der Waals surface area (Å²) in [5, 5.41) is 11.4. The minimum atomic E-state index is -0.532. The fourth-order valence-electron chi connectivity index (χ4n) is 6.52. The van der Waals surface area contributed by atoms with Crippen LogP contribution in [0.25, 0.3) is 0 Å². The lowest BCUT2D eigenvalue weighted by Gasteiger charge is -2.58. The van der Waals surface area contributed by atoms with E-state index in [-0.39, 0.29) is 16.6 Å². The number of fused-ring (bicyclic) bond motifs is 5. The van der Waals surface area contributed by atoms with Gasteiger partial charge >= 0.3 is 0 Å². The molecule has 0 amide bonds. The number of carbonyl (C=O) groups excluding carboxylic acids is 1. The summed E-state index contributed by atoms with van der Waals surface area (Å²) in [4.78, 5) is 12.0. The molecule has 0 aromatic carbocycles. The van der Waals surface area contributed by atoms with Crippen LogP contribution in [0.5, 0.6) is 0 Å². The summed E-state index contributed by atoms with van der Waals surface area (Å²) >= 11 is 6.38. The van der Waals surface area contributed by atoms with Crippen molar-refractivity contribution in [1.82, 2.24) is 0 Å². The Morgan fingerprint density at radius 2 is 1.83 bits per heavy atom. The fraction of sp³-hybridized carbons (Fsp3) is 0.750. The molecule has 0 aromatic heterocycles. The van der Waals surface area contributed by atoms with Crippen molar-refractivity contribution < 1.29 is 9.90 Å². The number of halogens is 1. The van der Waals surface area contributed by atoms with E-state index in [2.05, 4.69) is 19.9 Å². The Morgan fingerprint density at radius 3 is 2.57 bits per heavy atom. The van der Waals surface area contributed by atoms with Crippen LogP contribution in [-0.4, -0.2) is 16.5 Å². The van der Waals surface area contributed by atoms with Gasteiger partial charge in [0.15, 0.2) is 5.78 Å². The van der Waals surface area contributed by atoms with E-state index in [1.807, 2.05) is 6.92 Å². The maximum Gasteiger partial charge on any atom is 0.196 e. The van der Waals surface area contributed by atoms with Crippen molar-refractivity contribution in [2.75, 3.05) is 0 Å². The van der Waals surface area contributed by atoms with E-state index in [0.717, 1.165) is 38.5 Å². The van der Waals surface area contributed by atoms with Crippen molar-refractivity contribution in [2.45, 2.75) is 64.9 Å². The average molecular weight is 335 g/mol. The highest BCUT2D eigenvalue weighted by Crippen LogP contribution is 2.67. The number of hydrogen-bond donors (Lipinski definition) is 1. The van der Waals surface area contributed by atoms with E-state index in [9.17, 15) is 9.90 Å². The number of aliphatic hydroxyl groups is 1. The number of carbonyl (C=O) groups is 1. The molecule has 0 saturated heterocycles. The van der Waals surface area contributed by atoms with Crippen LogP contribution in [0, 0.1) is 28.6 Å². The molecule has 0 heterocycles. The third kappa shape index (κ3) is 1.88. The molecule has 3 heteroatoms. The second-order valence-electron chi connectivity index (χ2n) is 8.96. The van der Waals surface area contributed by atoms with Crippen LogP contribution in [0.4, 0.5) is 0 Å². The SMILES string of the molecule is C[C@]12C=CC(=O)C(Cl)=C1CC[C@@H]1[C@@H]2CC[C@]2(C)[C@H]1CC[C@]2(C)O. The first-order valence-corrected chi connectivity index (χ1v) is 9.43. The van der Waals surface area contributed by atoms with Crippen molar-refractivity contribution in [3.05, 3.63) is 22.8 Å². The summed E-state index contributed by atoms with van der Waals surface area (Å²) in [5.41, 5.74) is 0.615. The van der Waals surface area contributed by atoms with Crippen molar-refractivity contribution >= 4 is 17.4 Å². The van der Waals surface area contributed by atoms with Crippen LogP contribution in [-0.2, 0) is 4.79 Å². The molecule has 126 valence electrons. The first-order chi connectivity index (χ1) is 10.7. The minimum absolute atomic E-state index is 0.0259. The van der Waals surface area contributed by atoms with E-state index in [1.165, 1.54) is 5.57 Å². The highest BCUT2D eigenvalue weighted by Gasteiger charge is 2.62. The normalized spacial score (nSPS) is 52.2. The molecule has 0 unspecified atom stereocenters. The molecule has 3 fully saturated rings. The summed E-state index contributed by atoms with van der Waals surface area (Å²) in [6, 6.07) is 0. The third-order valence-electron chi connectivity index (χ3n) is 8.21. The molecule has 0 aliphatic heterocycles.